The summed E-state index contributed by atoms with van der Waals surface area (Å²) in [7, 11) is 0. The Bertz CT molecular complexity index is 827. The minimum atomic E-state index is -0.127. The molecule has 6 heteroatoms. The monoisotopic (exact) mass is 350 g/mol. The molecule has 1 aliphatic rings. The standard InChI is InChI=1S/C20H22N4O2/c21-18(14-5-2-1-3-6-14)9-10-19(22)23-16-8-4-7-15(11-16)20(25)24-17-12-26-13-17/h1-11,17,23H,12-13,21-22H2,(H,24,25)/b18-9-,19-10+. The van der Waals surface area contributed by atoms with Crippen molar-refractivity contribution in [2.45, 2.75) is 6.04 Å². The van der Waals surface area contributed by atoms with E-state index in [4.69, 9.17) is 16.2 Å². The fourth-order valence-corrected chi connectivity index (χ4v) is 2.44. The van der Waals surface area contributed by atoms with Gasteiger partial charge in [0.15, 0.2) is 0 Å². The second-order valence-electron chi connectivity index (χ2n) is 6.02. The molecule has 2 aromatic rings. The third-order valence-corrected chi connectivity index (χ3v) is 3.94. The van der Waals surface area contributed by atoms with Crippen molar-refractivity contribution in [3.05, 3.63) is 83.7 Å². The van der Waals surface area contributed by atoms with Gasteiger partial charge in [0.05, 0.1) is 19.3 Å². The molecule has 6 nitrogen and oxygen atoms in total. The zero-order valence-corrected chi connectivity index (χ0v) is 14.3. The lowest BCUT2D eigenvalue weighted by Gasteiger charge is -2.26. The number of allylic oxidation sites excluding steroid dienone is 2. The molecule has 0 saturated carbocycles. The maximum absolute atomic E-state index is 12.2. The van der Waals surface area contributed by atoms with E-state index >= 15 is 0 Å². The van der Waals surface area contributed by atoms with E-state index in [1.54, 1.807) is 30.4 Å². The Morgan fingerprint density at radius 1 is 1.00 bits per heavy atom. The highest BCUT2D eigenvalue weighted by molar-refractivity contribution is 5.95. The van der Waals surface area contributed by atoms with E-state index in [2.05, 4.69) is 10.6 Å². The van der Waals surface area contributed by atoms with Gasteiger partial charge in [0, 0.05) is 16.9 Å². The van der Waals surface area contributed by atoms with Crippen LogP contribution in [0.4, 0.5) is 5.69 Å². The average Bonchev–Trinajstić information content (AvgIpc) is 2.63. The number of nitrogens with two attached hydrogens (primary N) is 2. The SMILES string of the molecule is N/C(=C\C=C(/N)Nc1cccc(C(=O)NC2COC2)c1)c1ccccc1. The van der Waals surface area contributed by atoms with Gasteiger partial charge in [0.2, 0.25) is 0 Å². The number of benzene rings is 2. The molecule has 0 aromatic heterocycles. The Labute approximate surface area is 152 Å². The van der Waals surface area contributed by atoms with E-state index < -0.39 is 0 Å². The van der Waals surface area contributed by atoms with Crippen LogP contribution >= 0.6 is 0 Å². The molecule has 134 valence electrons. The van der Waals surface area contributed by atoms with E-state index in [0.717, 1.165) is 11.3 Å². The first kappa shape index (κ1) is 17.6. The number of rotatable bonds is 6. The van der Waals surface area contributed by atoms with E-state index in [0.29, 0.717) is 30.3 Å². The van der Waals surface area contributed by atoms with Crippen molar-refractivity contribution in [1.82, 2.24) is 5.32 Å². The van der Waals surface area contributed by atoms with Crippen molar-refractivity contribution >= 4 is 17.3 Å². The molecule has 0 aliphatic carbocycles. The molecule has 6 N–H and O–H groups in total. The number of carbonyl (C=O) groups is 1. The lowest BCUT2D eigenvalue weighted by Crippen LogP contribution is -2.48. The summed E-state index contributed by atoms with van der Waals surface area (Å²) in [6, 6.07) is 16.9. The summed E-state index contributed by atoms with van der Waals surface area (Å²) in [5, 5.41) is 5.97. The topological polar surface area (TPSA) is 102 Å². The van der Waals surface area contributed by atoms with Gasteiger partial charge in [-0.25, -0.2) is 0 Å². The summed E-state index contributed by atoms with van der Waals surface area (Å²) in [6.07, 6.45) is 3.44. The molecule has 3 rings (SSSR count). The van der Waals surface area contributed by atoms with Gasteiger partial charge < -0.3 is 26.8 Å². The number of nitrogens with one attached hydrogen (secondary N) is 2. The lowest BCUT2D eigenvalue weighted by atomic mass is 10.1. The highest BCUT2D eigenvalue weighted by Gasteiger charge is 2.20. The maximum Gasteiger partial charge on any atom is 0.251 e. The summed E-state index contributed by atoms with van der Waals surface area (Å²) in [6.45, 7) is 1.13. The molecule has 1 amide bonds. The number of carbonyl (C=O) groups excluding carboxylic acids is 1. The number of ether oxygens (including phenoxy) is 1. The van der Waals surface area contributed by atoms with Gasteiger partial charge in [-0.1, -0.05) is 36.4 Å². The average molecular weight is 350 g/mol. The molecule has 0 unspecified atom stereocenters. The van der Waals surface area contributed by atoms with Crippen LogP contribution in [0.25, 0.3) is 5.70 Å². The van der Waals surface area contributed by atoms with Gasteiger partial charge >= 0.3 is 0 Å². The summed E-state index contributed by atoms with van der Waals surface area (Å²) < 4.78 is 5.06. The van der Waals surface area contributed by atoms with Gasteiger partial charge in [0.1, 0.15) is 5.82 Å². The van der Waals surface area contributed by atoms with Crippen molar-refractivity contribution < 1.29 is 9.53 Å². The minimum Gasteiger partial charge on any atom is -0.398 e. The molecular weight excluding hydrogens is 328 g/mol. The largest absolute Gasteiger partial charge is 0.398 e. The summed E-state index contributed by atoms with van der Waals surface area (Å²) in [5.74, 6) is 0.298. The molecule has 1 heterocycles. The van der Waals surface area contributed by atoms with E-state index in [-0.39, 0.29) is 11.9 Å². The lowest BCUT2D eigenvalue weighted by molar-refractivity contribution is -0.00346. The van der Waals surface area contributed by atoms with Crippen LogP contribution in [0, 0.1) is 0 Å². The molecule has 0 atom stereocenters. The molecule has 0 spiro atoms. The molecule has 26 heavy (non-hydrogen) atoms. The van der Waals surface area contributed by atoms with Crippen LogP contribution in [0.1, 0.15) is 15.9 Å². The number of amides is 1. The second-order valence-corrected chi connectivity index (χ2v) is 6.02. The van der Waals surface area contributed by atoms with Crippen LogP contribution < -0.4 is 22.1 Å². The highest BCUT2D eigenvalue weighted by Crippen LogP contribution is 2.13. The fourth-order valence-electron chi connectivity index (χ4n) is 2.44. The third-order valence-electron chi connectivity index (χ3n) is 3.94. The normalized spacial score (nSPS) is 15.2. The zero-order chi connectivity index (χ0) is 18.4. The van der Waals surface area contributed by atoms with Crippen LogP contribution in [0.5, 0.6) is 0 Å². The smallest absolute Gasteiger partial charge is 0.251 e. The number of hydrogen-bond acceptors (Lipinski definition) is 5. The van der Waals surface area contributed by atoms with Crippen LogP contribution in [0.2, 0.25) is 0 Å². The maximum atomic E-state index is 12.2. The van der Waals surface area contributed by atoms with Crippen LogP contribution in [-0.4, -0.2) is 25.2 Å². The molecule has 2 aromatic carbocycles. The molecule has 1 saturated heterocycles. The predicted molar refractivity (Wildman–Crippen MR) is 103 cm³/mol. The van der Waals surface area contributed by atoms with Crippen LogP contribution in [0.3, 0.4) is 0 Å². The van der Waals surface area contributed by atoms with E-state index in [1.165, 1.54) is 0 Å². The van der Waals surface area contributed by atoms with Crippen molar-refractivity contribution in [3.63, 3.8) is 0 Å². The first-order valence-corrected chi connectivity index (χ1v) is 8.36. The second kappa shape index (κ2) is 8.22. The predicted octanol–water partition coefficient (Wildman–Crippen LogP) is 2.03. The zero-order valence-electron chi connectivity index (χ0n) is 14.3. The number of anilines is 1. The molecular formula is C20H22N4O2. The molecule has 1 fully saturated rings. The van der Waals surface area contributed by atoms with Gasteiger partial charge in [-0.3, -0.25) is 4.79 Å². The Kier molecular flexibility index (Phi) is 5.56. The molecule has 1 aliphatic heterocycles. The Hall–Kier alpha value is -3.25. The van der Waals surface area contributed by atoms with Crippen LogP contribution in [0.15, 0.2) is 72.6 Å². The van der Waals surface area contributed by atoms with Gasteiger partial charge in [0.25, 0.3) is 5.91 Å². The van der Waals surface area contributed by atoms with Crippen molar-refractivity contribution in [3.8, 4) is 0 Å². The third kappa shape index (κ3) is 4.64. The summed E-state index contributed by atoms with van der Waals surface area (Å²) in [4.78, 5) is 12.2. The van der Waals surface area contributed by atoms with Gasteiger partial charge in [-0.15, -0.1) is 0 Å². The quantitative estimate of drug-likeness (QED) is 0.597. The first-order valence-electron chi connectivity index (χ1n) is 8.36. The van der Waals surface area contributed by atoms with E-state index in [1.807, 2.05) is 36.4 Å². The van der Waals surface area contributed by atoms with E-state index in [9.17, 15) is 4.79 Å². The highest BCUT2D eigenvalue weighted by atomic mass is 16.5. The first-order chi connectivity index (χ1) is 12.6. The van der Waals surface area contributed by atoms with Crippen molar-refractivity contribution in [1.29, 1.82) is 0 Å². The fraction of sp³-hybridized carbons (Fsp3) is 0.150. The Morgan fingerprint density at radius 3 is 2.42 bits per heavy atom. The number of hydrogen-bond donors (Lipinski definition) is 4. The Balaban J connectivity index is 1.64. The molecule has 0 bridgehead atoms. The Morgan fingerprint density at radius 2 is 1.73 bits per heavy atom. The van der Waals surface area contributed by atoms with Crippen molar-refractivity contribution in [2.24, 2.45) is 11.5 Å². The minimum absolute atomic E-state index is 0.0928. The van der Waals surface area contributed by atoms with Crippen molar-refractivity contribution in [2.75, 3.05) is 18.5 Å². The summed E-state index contributed by atoms with van der Waals surface area (Å²) >= 11 is 0. The van der Waals surface area contributed by atoms with Crippen LogP contribution in [-0.2, 0) is 4.74 Å². The summed E-state index contributed by atoms with van der Waals surface area (Å²) in [5.41, 5.74) is 14.9. The molecule has 0 radical (unpaired) electrons. The van der Waals surface area contributed by atoms with Gasteiger partial charge in [-0.05, 0) is 35.9 Å². The van der Waals surface area contributed by atoms with Gasteiger partial charge in [-0.2, -0.15) is 0 Å².